The Labute approximate surface area is 150 Å². The fraction of sp³-hybridized carbons (Fsp3) is 0.412. The standard InChI is InChI=1S/C17H21N5O2S/c1-2-9-22-16(13-5-7-18-8-6-13)20-21-17(22)25-12-15(23)19-11-14-4-3-10-24-14/h2,5-8,14H,1,3-4,9-12H2,(H,19,23)/t14-/m0/s1. The minimum absolute atomic E-state index is 0.0286. The Kier molecular flexibility index (Phi) is 6.19. The van der Waals surface area contributed by atoms with Crippen LogP contribution in [0.5, 0.6) is 0 Å². The molecule has 8 heteroatoms. The highest BCUT2D eigenvalue weighted by molar-refractivity contribution is 7.99. The molecule has 1 atom stereocenters. The van der Waals surface area contributed by atoms with Gasteiger partial charge in [-0.25, -0.2) is 0 Å². The maximum absolute atomic E-state index is 12.0. The average molecular weight is 359 g/mol. The first-order valence-corrected chi connectivity index (χ1v) is 9.22. The molecule has 3 rings (SSSR count). The summed E-state index contributed by atoms with van der Waals surface area (Å²) >= 11 is 1.37. The zero-order valence-corrected chi connectivity index (χ0v) is 14.7. The van der Waals surface area contributed by atoms with Crippen molar-refractivity contribution in [2.24, 2.45) is 0 Å². The molecule has 2 aromatic rings. The Morgan fingerprint density at radius 2 is 2.28 bits per heavy atom. The lowest BCUT2D eigenvalue weighted by Crippen LogP contribution is -2.32. The van der Waals surface area contributed by atoms with Crippen molar-refractivity contribution >= 4 is 17.7 Å². The first kappa shape index (κ1) is 17.6. The molecular weight excluding hydrogens is 338 g/mol. The molecule has 1 amide bonds. The second-order valence-electron chi connectivity index (χ2n) is 5.67. The van der Waals surface area contributed by atoms with Gasteiger partial charge in [0.25, 0.3) is 0 Å². The Balaban J connectivity index is 1.60. The molecule has 1 aliphatic rings. The minimum atomic E-state index is -0.0286. The molecule has 1 saturated heterocycles. The number of rotatable bonds is 8. The predicted molar refractivity (Wildman–Crippen MR) is 96.2 cm³/mol. The van der Waals surface area contributed by atoms with Crippen molar-refractivity contribution in [1.82, 2.24) is 25.1 Å². The maximum atomic E-state index is 12.0. The molecule has 0 unspecified atom stereocenters. The number of hydrogen-bond donors (Lipinski definition) is 1. The van der Waals surface area contributed by atoms with Gasteiger partial charge in [0.1, 0.15) is 0 Å². The Morgan fingerprint density at radius 1 is 1.44 bits per heavy atom. The van der Waals surface area contributed by atoms with E-state index in [0.717, 1.165) is 30.8 Å². The van der Waals surface area contributed by atoms with Crippen molar-refractivity contribution in [3.05, 3.63) is 37.2 Å². The van der Waals surface area contributed by atoms with E-state index in [1.165, 1.54) is 11.8 Å². The fourth-order valence-corrected chi connectivity index (χ4v) is 3.40. The molecule has 1 N–H and O–H groups in total. The Bertz CT molecular complexity index is 713. The summed E-state index contributed by atoms with van der Waals surface area (Å²) in [5.41, 5.74) is 0.930. The van der Waals surface area contributed by atoms with Crippen molar-refractivity contribution in [3.63, 3.8) is 0 Å². The van der Waals surface area contributed by atoms with Crippen LogP contribution in [0.2, 0.25) is 0 Å². The van der Waals surface area contributed by atoms with Gasteiger partial charge in [0, 0.05) is 37.7 Å². The van der Waals surface area contributed by atoms with Gasteiger partial charge >= 0.3 is 0 Å². The van der Waals surface area contributed by atoms with Crippen molar-refractivity contribution in [2.45, 2.75) is 30.6 Å². The molecule has 0 spiro atoms. The van der Waals surface area contributed by atoms with Gasteiger partial charge in [0.15, 0.2) is 11.0 Å². The predicted octanol–water partition coefficient (Wildman–Crippen LogP) is 1.91. The molecule has 1 fully saturated rings. The normalized spacial score (nSPS) is 16.7. The van der Waals surface area contributed by atoms with Crippen LogP contribution in [0.4, 0.5) is 0 Å². The van der Waals surface area contributed by atoms with Gasteiger partial charge in [-0.15, -0.1) is 16.8 Å². The number of pyridine rings is 1. The van der Waals surface area contributed by atoms with Crippen molar-refractivity contribution in [1.29, 1.82) is 0 Å². The lowest BCUT2D eigenvalue weighted by Gasteiger charge is -2.11. The van der Waals surface area contributed by atoms with Crippen molar-refractivity contribution in [2.75, 3.05) is 18.9 Å². The first-order valence-electron chi connectivity index (χ1n) is 8.23. The van der Waals surface area contributed by atoms with Gasteiger partial charge in [-0.3, -0.25) is 14.3 Å². The fourth-order valence-electron chi connectivity index (χ4n) is 2.62. The number of thioether (sulfide) groups is 1. The van der Waals surface area contributed by atoms with E-state index in [-0.39, 0.29) is 12.0 Å². The van der Waals surface area contributed by atoms with Crippen LogP contribution in [0, 0.1) is 0 Å². The molecule has 1 aliphatic heterocycles. The van der Waals surface area contributed by atoms with Crippen LogP contribution in [0.3, 0.4) is 0 Å². The molecule has 0 aromatic carbocycles. The molecule has 132 valence electrons. The molecule has 7 nitrogen and oxygen atoms in total. The molecule has 3 heterocycles. The van der Waals surface area contributed by atoms with Crippen LogP contribution in [-0.4, -0.2) is 50.7 Å². The number of carbonyl (C=O) groups is 1. The van der Waals surface area contributed by atoms with Crippen molar-refractivity contribution in [3.8, 4) is 11.4 Å². The van der Waals surface area contributed by atoms with E-state index in [2.05, 4.69) is 27.1 Å². The number of aromatic nitrogens is 4. The summed E-state index contributed by atoms with van der Waals surface area (Å²) in [6.45, 7) is 5.72. The van der Waals surface area contributed by atoms with Crippen LogP contribution >= 0.6 is 11.8 Å². The summed E-state index contributed by atoms with van der Waals surface area (Å²) < 4.78 is 7.45. The third kappa shape index (κ3) is 4.67. The highest BCUT2D eigenvalue weighted by Gasteiger charge is 2.17. The Hall–Kier alpha value is -2.19. The van der Waals surface area contributed by atoms with E-state index >= 15 is 0 Å². The van der Waals surface area contributed by atoms with E-state index in [0.29, 0.717) is 24.0 Å². The topological polar surface area (TPSA) is 81.9 Å². The zero-order valence-electron chi connectivity index (χ0n) is 13.9. The van der Waals surface area contributed by atoms with E-state index < -0.39 is 0 Å². The summed E-state index contributed by atoms with van der Waals surface area (Å²) in [4.78, 5) is 16.1. The maximum Gasteiger partial charge on any atom is 0.230 e. The lowest BCUT2D eigenvalue weighted by atomic mass is 10.2. The summed E-state index contributed by atoms with van der Waals surface area (Å²) in [6, 6.07) is 3.76. The van der Waals surface area contributed by atoms with Crippen molar-refractivity contribution < 1.29 is 9.53 Å². The van der Waals surface area contributed by atoms with Gasteiger partial charge in [0.2, 0.25) is 5.91 Å². The lowest BCUT2D eigenvalue weighted by molar-refractivity contribution is -0.119. The van der Waals surface area contributed by atoms with Gasteiger partial charge < -0.3 is 10.1 Å². The first-order chi connectivity index (χ1) is 12.3. The van der Waals surface area contributed by atoms with Gasteiger partial charge in [-0.2, -0.15) is 0 Å². The van der Waals surface area contributed by atoms with Crippen LogP contribution in [0.1, 0.15) is 12.8 Å². The zero-order chi connectivity index (χ0) is 17.5. The number of hydrogen-bond acceptors (Lipinski definition) is 6. The number of carbonyl (C=O) groups excluding carboxylic acids is 1. The van der Waals surface area contributed by atoms with Gasteiger partial charge in [0.05, 0.1) is 11.9 Å². The smallest absolute Gasteiger partial charge is 0.230 e. The molecular formula is C17H21N5O2S. The summed E-state index contributed by atoms with van der Waals surface area (Å²) in [5, 5.41) is 12.1. The molecule has 0 aliphatic carbocycles. The quantitative estimate of drug-likeness (QED) is 0.573. The van der Waals surface area contributed by atoms with E-state index in [1.807, 2.05) is 16.7 Å². The molecule has 25 heavy (non-hydrogen) atoms. The second kappa shape index (κ2) is 8.77. The third-order valence-electron chi connectivity index (χ3n) is 3.85. The number of nitrogens with zero attached hydrogens (tertiary/aromatic N) is 4. The van der Waals surface area contributed by atoms with Crippen LogP contribution in [0.25, 0.3) is 11.4 Å². The van der Waals surface area contributed by atoms with Gasteiger partial charge in [-0.1, -0.05) is 17.8 Å². The van der Waals surface area contributed by atoms with Crippen LogP contribution in [-0.2, 0) is 16.1 Å². The van der Waals surface area contributed by atoms with E-state index in [9.17, 15) is 4.79 Å². The largest absolute Gasteiger partial charge is 0.376 e. The summed E-state index contributed by atoms with van der Waals surface area (Å²) in [7, 11) is 0. The number of nitrogens with one attached hydrogen (secondary N) is 1. The van der Waals surface area contributed by atoms with Gasteiger partial charge in [-0.05, 0) is 25.0 Å². The molecule has 0 bridgehead atoms. The third-order valence-corrected chi connectivity index (χ3v) is 4.82. The van der Waals surface area contributed by atoms with E-state index in [1.54, 1.807) is 18.5 Å². The summed E-state index contributed by atoms with van der Waals surface area (Å²) in [6.07, 6.45) is 7.45. The van der Waals surface area contributed by atoms with E-state index in [4.69, 9.17) is 4.74 Å². The van der Waals surface area contributed by atoms with Crippen LogP contribution < -0.4 is 5.32 Å². The minimum Gasteiger partial charge on any atom is -0.376 e. The Morgan fingerprint density at radius 3 is 3.00 bits per heavy atom. The van der Waals surface area contributed by atoms with Crippen LogP contribution in [0.15, 0.2) is 42.3 Å². The molecule has 0 saturated carbocycles. The monoisotopic (exact) mass is 359 g/mol. The second-order valence-corrected chi connectivity index (χ2v) is 6.61. The number of ether oxygens (including phenoxy) is 1. The number of allylic oxidation sites excluding steroid dienone is 1. The SMILES string of the molecule is C=CCn1c(SCC(=O)NC[C@@H]2CCCO2)nnc1-c1ccncc1. The summed E-state index contributed by atoms with van der Waals surface area (Å²) in [5.74, 6) is 1.00. The highest BCUT2D eigenvalue weighted by Crippen LogP contribution is 2.23. The molecule has 0 radical (unpaired) electrons. The highest BCUT2D eigenvalue weighted by atomic mass is 32.2. The average Bonchev–Trinajstić information content (AvgIpc) is 3.29. The molecule has 2 aromatic heterocycles. The number of amides is 1.